The van der Waals surface area contributed by atoms with E-state index in [-0.39, 0.29) is 39.3 Å². The van der Waals surface area contributed by atoms with Crippen LogP contribution in [-0.4, -0.2) is 85.2 Å². The van der Waals surface area contributed by atoms with Crippen LogP contribution in [0.4, 0.5) is 5.82 Å². The van der Waals surface area contributed by atoms with Crippen LogP contribution < -0.4 is 10.5 Å². The van der Waals surface area contributed by atoms with Crippen molar-refractivity contribution in [3.8, 4) is 11.1 Å². The maximum absolute atomic E-state index is 13.1. The SMILES string of the molecule is CNS(=O)(=O)c1ccccc1-c1ccc(CC(OC2[C@H]3O[C@@H](n4cnc5c(N)nc(Cl)nc54)[C@H](O)[C@@]23O)(C(=O)O)c2cscn2)cc1. The van der Waals surface area contributed by atoms with E-state index >= 15 is 0 Å². The van der Waals surface area contributed by atoms with E-state index in [1.807, 2.05) is 0 Å². The lowest BCUT2D eigenvalue weighted by atomic mass is 9.90. The van der Waals surface area contributed by atoms with Crippen molar-refractivity contribution in [1.82, 2.24) is 29.2 Å². The van der Waals surface area contributed by atoms with Gasteiger partial charge in [-0.15, -0.1) is 11.3 Å². The Balaban J connectivity index is 1.18. The molecule has 2 aromatic carbocycles. The Morgan fingerprint density at radius 3 is 2.60 bits per heavy atom. The number of ether oxygens (including phenoxy) is 2. The second-order valence-electron chi connectivity index (χ2n) is 11.1. The molecule has 5 aromatic rings. The molecule has 0 spiro atoms. The number of fused-ring (bicyclic) bond motifs is 2. The van der Waals surface area contributed by atoms with Gasteiger partial charge in [-0.1, -0.05) is 42.5 Å². The predicted molar refractivity (Wildman–Crippen MR) is 168 cm³/mol. The molecule has 0 radical (unpaired) electrons. The van der Waals surface area contributed by atoms with E-state index in [9.17, 15) is 28.5 Å². The standard InChI is InChI=1S/C29H26ClN7O8S2/c1-32-47(42,43)17-5-3-2-4-16(17)15-8-6-14(7-9-15)10-28(26(39)40,18-11-46-13-34-18)45-22-21-29(22,41)20(38)25(44-21)37-12-33-19-23(31)35-27(30)36-24(19)37/h2-9,11-13,20-22,25,32,38,41H,10H2,1H3,(H,39,40)(H2,31,35,36)/t20-,21+,22?,25+,28?,29-/m0/s1. The van der Waals surface area contributed by atoms with Crippen LogP contribution in [0.1, 0.15) is 17.5 Å². The summed E-state index contributed by atoms with van der Waals surface area (Å²) < 4.78 is 41.1. The summed E-state index contributed by atoms with van der Waals surface area (Å²) in [7, 11) is -2.42. The second kappa shape index (κ2) is 11.3. The minimum Gasteiger partial charge on any atom is -0.479 e. The fraction of sp³-hybridized carbons (Fsp3) is 0.276. The molecule has 4 heterocycles. The molecule has 15 nitrogen and oxygen atoms in total. The van der Waals surface area contributed by atoms with Gasteiger partial charge in [0, 0.05) is 17.4 Å². The van der Waals surface area contributed by atoms with Crippen LogP contribution in [0.3, 0.4) is 0 Å². The summed E-state index contributed by atoms with van der Waals surface area (Å²) in [6.45, 7) is 0. The molecule has 3 aromatic heterocycles. The van der Waals surface area contributed by atoms with E-state index in [0.717, 1.165) is 0 Å². The van der Waals surface area contributed by atoms with E-state index in [2.05, 4.69) is 24.7 Å². The van der Waals surface area contributed by atoms with Crippen molar-refractivity contribution in [2.75, 3.05) is 12.8 Å². The lowest BCUT2D eigenvalue weighted by Gasteiger charge is -2.31. The number of aliphatic carboxylic acids is 1. The average molecular weight is 700 g/mol. The maximum atomic E-state index is 13.1. The average Bonchev–Trinajstić information content (AvgIpc) is 3.56. The van der Waals surface area contributed by atoms with E-state index < -0.39 is 51.7 Å². The fourth-order valence-corrected chi connectivity index (χ4v) is 7.71. The summed E-state index contributed by atoms with van der Waals surface area (Å²) in [5.41, 5.74) is 5.34. The van der Waals surface area contributed by atoms with Gasteiger partial charge in [0.1, 0.15) is 23.8 Å². The first-order chi connectivity index (χ1) is 22.4. The molecule has 6 N–H and O–H groups in total. The number of nitrogens with two attached hydrogens (primary N) is 1. The van der Waals surface area contributed by atoms with Crippen molar-refractivity contribution >= 4 is 55.9 Å². The van der Waals surface area contributed by atoms with Gasteiger partial charge in [0.15, 0.2) is 23.3 Å². The summed E-state index contributed by atoms with van der Waals surface area (Å²) in [4.78, 5) is 29.5. The monoisotopic (exact) mass is 699 g/mol. The zero-order valence-electron chi connectivity index (χ0n) is 24.3. The largest absolute Gasteiger partial charge is 0.479 e. The Hall–Kier alpha value is -4.07. The zero-order chi connectivity index (χ0) is 33.3. The van der Waals surface area contributed by atoms with Gasteiger partial charge < -0.3 is 30.5 Å². The van der Waals surface area contributed by atoms with E-state index in [0.29, 0.717) is 16.7 Å². The third kappa shape index (κ3) is 4.97. The minimum absolute atomic E-state index is 0.0195. The Morgan fingerprint density at radius 2 is 1.96 bits per heavy atom. The van der Waals surface area contributed by atoms with Crippen LogP contribution >= 0.6 is 22.9 Å². The predicted octanol–water partition coefficient (Wildman–Crippen LogP) is 1.70. The van der Waals surface area contributed by atoms with Crippen LogP contribution in [0, 0.1) is 0 Å². The number of imidazole rings is 1. The highest BCUT2D eigenvalue weighted by molar-refractivity contribution is 7.89. The Labute approximate surface area is 275 Å². The Morgan fingerprint density at radius 1 is 1.21 bits per heavy atom. The van der Waals surface area contributed by atoms with Crippen LogP contribution in [0.2, 0.25) is 5.28 Å². The Kier molecular flexibility index (Phi) is 7.56. The highest BCUT2D eigenvalue weighted by Crippen LogP contribution is 2.57. The number of carboxylic acid groups (broad SMARTS) is 1. The van der Waals surface area contributed by atoms with Gasteiger partial charge in [-0.3, -0.25) is 4.57 Å². The smallest absolute Gasteiger partial charge is 0.342 e. The molecule has 244 valence electrons. The van der Waals surface area contributed by atoms with Crippen LogP contribution in [-0.2, 0) is 36.3 Å². The first-order valence-electron chi connectivity index (χ1n) is 14.0. The molecule has 0 amide bonds. The van der Waals surface area contributed by atoms with Crippen LogP contribution in [0.15, 0.2) is 70.6 Å². The normalized spacial score (nSPS) is 25.0. The van der Waals surface area contributed by atoms with Gasteiger partial charge in [-0.2, -0.15) is 9.97 Å². The number of nitrogens with zero attached hydrogens (tertiary/aromatic N) is 5. The Bertz CT molecular complexity index is 2110. The molecule has 1 aliphatic heterocycles. The molecule has 2 aliphatic rings. The summed E-state index contributed by atoms with van der Waals surface area (Å²) in [6, 6.07) is 13.2. The first kappa shape index (κ1) is 31.5. The van der Waals surface area contributed by atoms with Gasteiger partial charge in [0.05, 0.1) is 22.4 Å². The van der Waals surface area contributed by atoms with E-state index in [1.54, 1.807) is 42.5 Å². The van der Waals surface area contributed by atoms with Crippen molar-refractivity contribution < 1.29 is 38.0 Å². The van der Waals surface area contributed by atoms with Crippen molar-refractivity contribution in [1.29, 1.82) is 0 Å². The summed E-state index contributed by atoms with van der Waals surface area (Å²) in [5.74, 6) is -1.36. The number of aliphatic hydroxyl groups is 2. The van der Waals surface area contributed by atoms with Crippen molar-refractivity contribution in [3.63, 3.8) is 0 Å². The van der Waals surface area contributed by atoms with Crippen LogP contribution in [0.5, 0.6) is 0 Å². The molecular weight excluding hydrogens is 674 g/mol. The van der Waals surface area contributed by atoms with Gasteiger partial charge >= 0.3 is 5.97 Å². The highest BCUT2D eigenvalue weighted by atomic mass is 35.5. The number of nitrogens with one attached hydrogen (secondary N) is 1. The molecule has 7 rings (SSSR count). The topological polar surface area (TPSA) is 225 Å². The number of halogens is 1. The third-order valence-corrected chi connectivity index (χ3v) is 10.7. The number of anilines is 1. The number of rotatable bonds is 10. The van der Waals surface area contributed by atoms with Crippen molar-refractivity contribution in [2.45, 2.75) is 47.1 Å². The number of benzene rings is 2. The molecule has 1 aliphatic carbocycles. The number of carbonyl (C=O) groups is 1. The lowest BCUT2D eigenvalue weighted by molar-refractivity contribution is -0.186. The molecule has 2 unspecified atom stereocenters. The number of sulfonamides is 1. The first-order valence-corrected chi connectivity index (χ1v) is 16.8. The minimum atomic E-state index is -3.75. The number of hydrogen-bond donors (Lipinski definition) is 5. The summed E-state index contributed by atoms with van der Waals surface area (Å²) in [5, 5.41) is 34.8. The van der Waals surface area contributed by atoms with Gasteiger partial charge in [0.25, 0.3) is 0 Å². The quantitative estimate of drug-likeness (QED) is 0.131. The molecule has 1 saturated carbocycles. The number of carboxylic acids is 1. The second-order valence-corrected chi connectivity index (χ2v) is 14.0. The summed E-state index contributed by atoms with van der Waals surface area (Å²) in [6.07, 6.45) is -4.01. The fourth-order valence-electron chi connectivity index (χ4n) is 5.97. The van der Waals surface area contributed by atoms with Crippen molar-refractivity contribution in [2.24, 2.45) is 0 Å². The van der Waals surface area contributed by atoms with Gasteiger partial charge in [0.2, 0.25) is 20.9 Å². The zero-order valence-corrected chi connectivity index (χ0v) is 26.6. The molecule has 18 heteroatoms. The number of thiazole rings is 1. The number of aromatic nitrogens is 5. The molecule has 6 atom stereocenters. The lowest BCUT2D eigenvalue weighted by Crippen LogP contribution is -2.46. The molecule has 0 bridgehead atoms. The summed E-state index contributed by atoms with van der Waals surface area (Å²) >= 11 is 7.14. The van der Waals surface area contributed by atoms with Gasteiger partial charge in [-0.25, -0.2) is 27.9 Å². The number of nitrogen functional groups attached to an aromatic ring is 1. The van der Waals surface area contributed by atoms with Crippen molar-refractivity contribution in [3.05, 3.63) is 82.3 Å². The molecule has 2 fully saturated rings. The molecule has 1 saturated heterocycles. The number of hydrogen-bond acceptors (Lipinski definition) is 13. The highest BCUT2D eigenvalue weighted by Gasteiger charge is 2.79. The number of aliphatic hydroxyl groups excluding tert-OH is 1. The van der Waals surface area contributed by atoms with Crippen LogP contribution in [0.25, 0.3) is 22.3 Å². The molecule has 47 heavy (non-hydrogen) atoms. The molecular formula is C29H26ClN7O8S2. The van der Waals surface area contributed by atoms with Gasteiger partial charge in [-0.05, 0) is 35.8 Å². The van der Waals surface area contributed by atoms with E-state index in [4.69, 9.17) is 26.8 Å². The van der Waals surface area contributed by atoms with E-state index in [1.165, 1.54) is 46.2 Å². The maximum Gasteiger partial charge on any atom is 0.342 e. The third-order valence-electron chi connectivity index (χ3n) is 8.49.